The molecule has 0 amide bonds. The molecule has 2 nitrogen and oxygen atoms in total. The van der Waals surface area contributed by atoms with Crippen molar-refractivity contribution in [3.05, 3.63) is 0 Å². The molecule has 0 aromatic carbocycles. The first-order chi connectivity index (χ1) is 6.66. The molecule has 0 aliphatic rings. The highest BCUT2D eigenvalue weighted by molar-refractivity contribution is 4.55. The van der Waals surface area contributed by atoms with Crippen molar-refractivity contribution in [3.8, 4) is 0 Å². The highest BCUT2D eigenvalue weighted by atomic mass is 19.3. The van der Waals surface area contributed by atoms with Gasteiger partial charge in [-0.15, -0.1) is 0 Å². The van der Waals surface area contributed by atoms with Crippen LogP contribution in [0.4, 0.5) is 8.78 Å². The van der Waals surface area contributed by atoms with E-state index in [1.165, 1.54) is 0 Å². The minimum atomic E-state index is -2.41. The van der Waals surface area contributed by atoms with Crippen LogP contribution in [0.1, 0.15) is 39.0 Å². The molecule has 0 aliphatic carbocycles. The van der Waals surface area contributed by atoms with Crippen molar-refractivity contribution in [1.82, 2.24) is 0 Å². The van der Waals surface area contributed by atoms with Crippen LogP contribution in [0.15, 0.2) is 0 Å². The first-order valence-corrected chi connectivity index (χ1v) is 5.20. The van der Waals surface area contributed by atoms with Gasteiger partial charge in [0.05, 0.1) is 6.10 Å². The number of aliphatic hydroxyl groups excluding tert-OH is 1. The molecule has 0 aliphatic heterocycles. The molecular formula is C10H20F2O2. The first-order valence-electron chi connectivity index (χ1n) is 5.20. The Bertz CT molecular complexity index is 121. The maximum Gasteiger partial charge on any atom is 0.261 e. The van der Waals surface area contributed by atoms with Gasteiger partial charge in [-0.2, -0.15) is 0 Å². The van der Waals surface area contributed by atoms with Gasteiger partial charge in [0.25, 0.3) is 6.43 Å². The Kier molecular flexibility index (Phi) is 9.19. The number of hydrogen-bond acceptors (Lipinski definition) is 2. The summed E-state index contributed by atoms with van der Waals surface area (Å²) in [4.78, 5) is 0. The minimum absolute atomic E-state index is 0.220. The summed E-state index contributed by atoms with van der Waals surface area (Å²) in [5.74, 6) is 0. The molecule has 0 radical (unpaired) electrons. The molecule has 1 atom stereocenters. The predicted molar refractivity (Wildman–Crippen MR) is 51.6 cm³/mol. The highest BCUT2D eigenvalue weighted by Gasteiger charge is 2.05. The monoisotopic (exact) mass is 210 g/mol. The number of aliphatic hydroxyl groups is 1. The lowest BCUT2D eigenvalue weighted by atomic mass is 10.1. The summed E-state index contributed by atoms with van der Waals surface area (Å²) in [5.41, 5.74) is 0. The average Bonchev–Trinajstić information content (AvgIpc) is 2.13. The van der Waals surface area contributed by atoms with E-state index in [-0.39, 0.29) is 6.61 Å². The van der Waals surface area contributed by atoms with Crippen LogP contribution in [0.25, 0.3) is 0 Å². The molecule has 0 heterocycles. The Morgan fingerprint density at radius 3 is 2.50 bits per heavy atom. The van der Waals surface area contributed by atoms with Gasteiger partial charge in [0, 0.05) is 6.61 Å². The summed E-state index contributed by atoms with van der Waals surface area (Å²) < 4.78 is 27.9. The third-order valence-corrected chi connectivity index (χ3v) is 1.98. The molecule has 86 valence electrons. The number of unbranched alkanes of at least 4 members (excludes halogenated alkanes) is 2. The molecule has 0 bridgehead atoms. The molecule has 0 aromatic rings. The Labute approximate surface area is 84.3 Å². The molecule has 0 aromatic heterocycles. The van der Waals surface area contributed by atoms with Gasteiger partial charge in [-0.25, -0.2) is 8.78 Å². The maximum absolute atomic E-state index is 11.6. The Morgan fingerprint density at radius 2 is 1.93 bits per heavy atom. The van der Waals surface area contributed by atoms with E-state index >= 15 is 0 Å². The van der Waals surface area contributed by atoms with Crippen LogP contribution in [0.3, 0.4) is 0 Å². The SMILES string of the molecule is CCCCCC(O)CCOCC(F)F. The second kappa shape index (κ2) is 9.34. The normalized spacial score (nSPS) is 13.5. The van der Waals surface area contributed by atoms with E-state index in [0.717, 1.165) is 25.7 Å². The molecule has 0 saturated heterocycles. The first kappa shape index (κ1) is 13.8. The zero-order valence-electron chi connectivity index (χ0n) is 8.72. The summed E-state index contributed by atoms with van der Waals surface area (Å²) >= 11 is 0. The fraction of sp³-hybridized carbons (Fsp3) is 1.00. The topological polar surface area (TPSA) is 29.5 Å². The lowest BCUT2D eigenvalue weighted by Crippen LogP contribution is -2.12. The molecular weight excluding hydrogens is 190 g/mol. The van der Waals surface area contributed by atoms with Crippen LogP contribution in [-0.4, -0.2) is 30.8 Å². The minimum Gasteiger partial charge on any atom is -0.393 e. The molecule has 0 saturated carbocycles. The summed E-state index contributed by atoms with van der Waals surface area (Å²) in [6, 6.07) is 0. The van der Waals surface area contributed by atoms with E-state index in [9.17, 15) is 13.9 Å². The lowest BCUT2D eigenvalue weighted by molar-refractivity contribution is 0.00402. The van der Waals surface area contributed by atoms with Crippen molar-refractivity contribution in [2.45, 2.75) is 51.6 Å². The molecule has 1 unspecified atom stereocenters. The van der Waals surface area contributed by atoms with Gasteiger partial charge in [-0.1, -0.05) is 26.2 Å². The maximum atomic E-state index is 11.6. The van der Waals surface area contributed by atoms with Crippen LogP contribution in [0.2, 0.25) is 0 Å². The van der Waals surface area contributed by atoms with Gasteiger partial charge in [-0.05, 0) is 12.8 Å². The number of ether oxygens (including phenoxy) is 1. The van der Waals surface area contributed by atoms with Crippen LogP contribution >= 0.6 is 0 Å². The van der Waals surface area contributed by atoms with Gasteiger partial charge in [-0.3, -0.25) is 0 Å². The Balaban J connectivity index is 3.14. The van der Waals surface area contributed by atoms with E-state index < -0.39 is 19.1 Å². The van der Waals surface area contributed by atoms with Crippen molar-refractivity contribution >= 4 is 0 Å². The molecule has 4 heteroatoms. The molecule has 0 rings (SSSR count). The van der Waals surface area contributed by atoms with Gasteiger partial charge in [0.1, 0.15) is 6.61 Å². The van der Waals surface area contributed by atoms with E-state index in [1.54, 1.807) is 0 Å². The van der Waals surface area contributed by atoms with Crippen molar-refractivity contribution in [3.63, 3.8) is 0 Å². The number of hydrogen-bond donors (Lipinski definition) is 1. The molecule has 1 N–H and O–H groups in total. The number of alkyl halides is 2. The summed E-state index contributed by atoms with van der Waals surface area (Å²) in [6.07, 6.45) is 1.60. The lowest BCUT2D eigenvalue weighted by Gasteiger charge is -2.10. The van der Waals surface area contributed by atoms with E-state index in [0.29, 0.717) is 6.42 Å². The van der Waals surface area contributed by atoms with Gasteiger partial charge < -0.3 is 9.84 Å². The Morgan fingerprint density at radius 1 is 1.21 bits per heavy atom. The van der Waals surface area contributed by atoms with Gasteiger partial charge in [0.2, 0.25) is 0 Å². The van der Waals surface area contributed by atoms with Crippen LogP contribution < -0.4 is 0 Å². The van der Waals surface area contributed by atoms with Crippen molar-refractivity contribution in [2.75, 3.05) is 13.2 Å². The summed E-state index contributed by atoms with van der Waals surface area (Å²) in [6.45, 7) is 1.79. The van der Waals surface area contributed by atoms with Crippen molar-refractivity contribution in [1.29, 1.82) is 0 Å². The fourth-order valence-corrected chi connectivity index (χ4v) is 1.17. The van der Waals surface area contributed by atoms with E-state index in [4.69, 9.17) is 0 Å². The van der Waals surface area contributed by atoms with Crippen LogP contribution in [0.5, 0.6) is 0 Å². The van der Waals surface area contributed by atoms with Gasteiger partial charge >= 0.3 is 0 Å². The number of rotatable bonds is 9. The number of halogens is 2. The summed E-state index contributed by atoms with van der Waals surface area (Å²) in [7, 11) is 0. The largest absolute Gasteiger partial charge is 0.393 e. The second-order valence-corrected chi connectivity index (χ2v) is 3.40. The van der Waals surface area contributed by atoms with E-state index in [1.807, 2.05) is 0 Å². The van der Waals surface area contributed by atoms with Crippen LogP contribution in [0, 0.1) is 0 Å². The van der Waals surface area contributed by atoms with Crippen molar-refractivity contribution < 1.29 is 18.6 Å². The van der Waals surface area contributed by atoms with Crippen LogP contribution in [-0.2, 0) is 4.74 Å². The smallest absolute Gasteiger partial charge is 0.261 e. The summed E-state index contributed by atoms with van der Waals surface area (Å²) in [5, 5.41) is 9.37. The third kappa shape index (κ3) is 9.86. The second-order valence-electron chi connectivity index (χ2n) is 3.40. The standard InChI is InChI=1S/C10H20F2O2/c1-2-3-4-5-9(13)6-7-14-8-10(11)12/h9-10,13H,2-8H2,1H3. The highest BCUT2D eigenvalue weighted by Crippen LogP contribution is 2.06. The molecule has 14 heavy (non-hydrogen) atoms. The zero-order chi connectivity index (χ0) is 10.8. The average molecular weight is 210 g/mol. The Hall–Kier alpha value is -0.220. The molecule has 0 fully saturated rings. The fourth-order valence-electron chi connectivity index (χ4n) is 1.17. The van der Waals surface area contributed by atoms with Crippen molar-refractivity contribution in [2.24, 2.45) is 0 Å². The van der Waals surface area contributed by atoms with E-state index in [2.05, 4.69) is 11.7 Å². The third-order valence-electron chi connectivity index (χ3n) is 1.98. The predicted octanol–water partition coefficient (Wildman–Crippen LogP) is 2.60. The van der Waals surface area contributed by atoms with Gasteiger partial charge in [0.15, 0.2) is 0 Å². The quantitative estimate of drug-likeness (QED) is 0.593. The molecule has 0 spiro atoms. The zero-order valence-corrected chi connectivity index (χ0v) is 8.72.